The third-order valence-electron chi connectivity index (χ3n) is 2.97. The Morgan fingerprint density at radius 3 is 1.68 bits per heavy atom. The first kappa shape index (κ1) is 22.6. The maximum absolute atomic E-state index is 12.5. The smallest absolute Gasteiger partial charge is 0.233 e. The minimum absolute atomic E-state index is 0.425. The monoisotopic (exact) mass is 454 g/mol. The van der Waals surface area contributed by atoms with Crippen molar-refractivity contribution in [3.05, 3.63) is 43.6 Å². The average molecular weight is 456 g/mol. The van der Waals surface area contributed by atoms with Crippen molar-refractivity contribution < 1.29 is 35.1 Å². The highest BCUT2D eigenvalue weighted by Gasteiger charge is 2.80. The number of hydrogen-bond donors (Lipinski definition) is 0. The summed E-state index contributed by atoms with van der Waals surface area (Å²) in [5, 5.41) is -1.10. The van der Waals surface area contributed by atoms with Crippen LogP contribution in [0.2, 0.25) is 15.1 Å². The summed E-state index contributed by atoms with van der Waals surface area (Å²) in [7, 11) is 0. The number of benzene rings is 1. The van der Waals surface area contributed by atoms with Crippen molar-refractivity contribution in [2.24, 2.45) is 0 Å². The number of halogens is 12. The fourth-order valence-corrected chi connectivity index (χ4v) is 2.53. The average Bonchev–Trinajstić information content (AvgIpc) is 2.49. The van der Waals surface area contributed by atoms with Crippen molar-refractivity contribution in [2.45, 2.75) is 30.9 Å². The molecule has 25 heavy (non-hydrogen) atoms. The molecule has 1 aliphatic rings. The van der Waals surface area contributed by atoms with Crippen molar-refractivity contribution >= 4 is 46.4 Å². The molecule has 0 bridgehead atoms. The van der Waals surface area contributed by atoms with Crippen LogP contribution in [0.5, 0.6) is 0 Å². The van der Waals surface area contributed by atoms with Crippen LogP contribution in [0, 0.1) is 6.92 Å². The van der Waals surface area contributed by atoms with Crippen LogP contribution in [0.15, 0.2) is 23.0 Å². The van der Waals surface area contributed by atoms with Crippen LogP contribution < -0.4 is 0 Å². The summed E-state index contributed by atoms with van der Waals surface area (Å²) in [6, 6.07) is 3.55. The van der Waals surface area contributed by atoms with Crippen LogP contribution in [0.1, 0.15) is 5.56 Å². The minimum atomic E-state index is -6.08. The van der Waals surface area contributed by atoms with Gasteiger partial charge in [-0.1, -0.05) is 46.4 Å². The maximum Gasteiger partial charge on any atom is 0.380 e. The van der Waals surface area contributed by atoms with Gasteiger partial charge in [-0.15, -0.1) is 0 Å². The molecular weight excluding hydrogens is 450 g/mol. The molecule has 0 saturated carbocycles. The Morgan fingerprint density at radius 1 is 0.880 bits per heavy atom. The van der Waals surface area contributed by atoms with E-state index in [0.717, 1.165) is 5.56 Å². The van der Waals surface area contributed by atoms with Gasteiger partial charge in [-0.3, -0.25) is 0 Å². The summed E-state index contributed by atoms with van der Waals surface area (Å²) in [5.74, 6) is -20.3. The van der Waals surface area contributed by atoms with E-state index in [1.54, 1.807) is 12.1 Å². The molecule has 2 rings (SSSR count). The van der Waals surface area contributed by atoms with E-state index in [-0.39, 0.29) is 0 Å². The second kappa shape index (κ2) is 7.29. The molecular formula is C13H6Cl4F8. The normalized spacial score (nSPS) is 23.8. The molecule has 1 aliphatic carbocycles. The fourth-order valence-electron chi connectivity index (χ4n) is 1.61. The lowest BCUT2D eigenvalue weighted by molar-refractivity contribution is -0.317. The Hall–Kier alpha value is -0.440. The summed E-state index contributed by atoms with van der Waals surface area (Å²) >= 11 is 21.5. The summed E-state index contributed by atoms with van der Waals surface area (Å²) in [5.41, 5.74) is 1.01. The molecule has 142 valence electrons. The van der Waals surface area contributed by atoms with E-state index in [9.17, 15) is 35.1 Å². The Bertz CT molecular complexity index is 678. The van der Waals surface area contributed by atoms with E-state index < -0.39 is 34.8 Å². The predicted molar refractivity (Wildman–Crippen MR) is 79.9 cm³/mol. The van der Waals surface area contributed by atoms with Gasteiger partial charge in [-0.05, 0) is 24.6 Å². The predicted octanol–water partition coefficient (Wildman–Crippen LogP) is 7.62. The molecule has 0 heterocycles. The van der Waals surface area contributed by atoms with Gasteiger partial charge < -0.3 is 0 Å². The van der Waals surface area contributed by atoms with Gasteiger partial charge in [0, 0.05) is 0 Å². The molecule has 0 aliphatic heterocycles. The Labute approximate surface area is 156 Å². The molecule has 12 heteroatoms. The van der Waals surface area contributed by atoms with Gasteiger partial charge in [0.05, 0.1) is 15.1 Å². The number of alkyl halides is 7. The molecule has 0 N–H and O–H groups in total. The van der Waals surface area contributed by atoms with Gasteiger partial charge in [-0.25, -0.2) is 8.78 Å². The fraction of sp³-hybridized carbons (Fsp3) is 0.385. The largest absolute Gasteiger partial charge is 0.380 e. The zero-order valence-corrected chi connectivity index (χ0v) is 14.8. The van der Waals surface area contributed by atoms with E-state index in [0.29, 0.717) is 15.1 Å². The van der Waals surface area contributed by atoms with Crippen LogP contribution in [-0.4, -0.2) is 23.9 Å². The summed E-state index contributed by atoms with van der Waals surface area (Å²) in [6.45, 7) is 1.91. The lowest BCUT2D eigenvalue weighted by Gasteiger charge is -2.37. The van der Waals surface area contributed by atoms with Crippen molar-refractivity contribution in [1.82, 2.24) is 0 Å². The SMILES string of the molecule is Cc1cc(Cl)c(Cl)c(Cl)c1.FC1=C(Cl)C(F)(F)C(F)(F)C(F)(F)C1F. The highest BCUT2D eigenvalue weighted by Crippen LogP contribution is 2.57. The van der Waals surface area contributed by atoms with Gasteiger partial charge in [-0.2, -0.15) is 26.3 Å². The number of aryl methyl sites for hydroxylation is 1. The summed E-state index contributed by atoms with van der Waals surface area (Å²) in [6.07, 6.45) is -4.18. The number of allylic oxidation sites excluding steroid dienone is 2. The standard InChI is InChI=1S/C7H5Cl3.C6HClF8/c1-4-2-5(8)7(10)6(9)3-4;7-2-1(8)3(9)5(12,13)6(14,15)4(2,10)11/h2-3H,1H3;3H. The summed E-state index contributed by atoms with van der Waals surface area (Å²) in [4.78, 5) is 0. The second-order valence-electron chi connectivity index (χ2n) is 4.84. The van der Waals surface area contributed by atoms with Crippen LogP contribution in [0.3, 0.4) is 0 Å². The quantitative estimate of drug-likeness (QED) is 0.279. The second-order valence-corrected chi connectivity index (χ2v) is 6.41. The Kier molecular flexibility index (Phi) is 6.59. The van der Waals surface area contributed by atoms with E-state index in [1.165, 1.54) is 0 Å². The molecule has 1 aromatic carbocycles. The van der Waals surface area contributed by atoms with Gasteiger partial charge in [0.25, 0.3) is 0 Å². The van der Waals surface area contributed by atoms with Crippen molar-refractivity contribution in [1.29, 1.82) is 0 Å². The van der Waals surface area contributed by atoms with Crippen molar-refractivity contribution in [3.8, 4) is 0 Å². The molecule has 1 aromatic rings. The molecule has 0 saturated heterocycles. The highest BCUT2D eigenvalue weighted by atomic mass is 35.5. The van der Waals surface area contributed by atoms with Gasteiger partial charge in [0.2, 0.25) is 6.17 Å². The lowest BCUT2D eigenvalue weighted by Crippen LogP contribution is -2.62. The minimum Gasteiger partial charge on any atom is -0.233 e. The zero-order valence-electron chi connectivity index (χ0n) is 11.8. The van der Waals surface area contributed by atoms with Crippen LogP contribution >= 0.6 is 46.4 Å². The van der Waals surface area contributed by atoms with Gasteiger partial charge in [0.1, 0.15) is 5.03 Å². The highest BCUT2D eigenvalue weighted by molar-refractivity contribution is 6.48. The molecule has 0 radical (unpaired) electrons. The first-order chi connectivity index (χ1) is 11.1. The van der Waals surface area contributed by atoms with E-state index in [2.05, 4.69) is 11.6 Å². The zero-order chi connectivity index (χ0) is 20.0. The van der Waals surface area contributed by atoms with E-state index in [4.69, 9.17) is 34.8 Å². The van der Waals surface area contributed by atoms with Crippen LogP contribution in [0.4, 0.5) is 35.1 Å². The van der Waals surface area contributed by atoms with Crippen molar-refractivity contribution in [2.75, 3.05) is 0 Å². The number of rotatable bonds is 0. The Morgan fingerprint density at radius 2 is 1.28 bits per heavy atom. The van der Waals surface area contributed by atoms with Crippen LogP contribution in [-0.2, 0) is 0 Å². The molecule has 0 nitrogen and oxygen atoms in total. The summed E-state index contributed by atoms with van der Waals surface area (Å²) < 4.78 is 99.2. The van der Waals surface area contributed by atoms with E-state index >= 15 is 0 Å². The first-order valence-corrected chi connectivity index (χ1v) is 7.54. The van der Waals surface area contributed by atoms with Gasteiger partial charge in [0.15, 0.2) is 5.83 Å². The van der Waals surface area contributed by atoms with Crippen LogP contribution in [0.25, 0.3) is 0 Å². The molecule has 0 amide bonds. The van der Waals surface area contributed by atoms with Gasteiger partial charge >= 0.3 is 17.8 Å². The third kappa shape index (κ3) is 3.82. The molecule has 1 unspecified atom stereocenters. The number of hydrogen-bond acceptors (Lipinski definition) is 0. The molecule has 0 spiro atoms. The Balaban J connectivity index is 0.000000271. The first-order valence-electron chi connectivity index (χ1n) is 6.03. The molecule has 0 fully saturated rings. The molecule has 1 atom stereocenters. The maximum atomic E-state index is 12.5. The van der Waals surface area contributed by atoms with E-state index in [1.807, 2.05) is 6.92 Å². The lowest BCUT2D eigenvalue weighted by atomic mass is 9.93. The van der Waals surface area contributed by atoms with Crippen molar-refractivity contribution in [3.63, 3.8) is 0 Å². The topological polar surface area (TPSA) is 0 Å². The molecule has 0 aromatic heterocycles. The third-order valence-corrected chi connectivity index (χ3v) is 4.58.